The van der Waals surface area contributed by atoms with Crippen molar-refractivity contribution in [2.24, 2.45) is 0 Å². The van der Waals surface area contributed by atoms with E-state index in [9.17, 15) is 4.79 Å². The normalized spacial score (nSPS) is 12.5. The first-order chi connectivity index (χ1) is 8.86. The van der Waals surface area contributed by atoms with Gasteiger partial charge in [0.15, 0.2) is 0 Å². The molecule has 1 atom stereocenters. The van der Waals surface area contributed by atoms with Gasteiger partial charge in [0.2, 0.25) is 0 Å². The molecule has 0 saturated carbocycles. The van der Waals surface area contributed by atoms with Gasteiger partial charge in [0, 0.05) is 18.0 Å². The second-order valence-corrected chi connectivity index (χ2v) is 5.11. The molecular weight excluding hydrogens is 242 g/mol. The molecule has 1 rings (SSSR count). The van der Waals surface area contributed by atoms with Crippen LogP contribution in [0.15, 0.2) is 12.1 Å². The van der Waals surface area contributed by atoms with Crippen molar-refractivity contribution in [3.63, 3.8) is 0 Å². The predicted octanol–water partition coefficient (Wildman–Crippen LogP) is 2.78. The van der Waals surface area contributed by atoms with Gasteiger partial charge in [-0.25, -0.2) is 0 Å². The van der Waals surface area contributed by atoms with Crippen LogP contribution < -0.4 is 4.74 Å². The Morgan fingerprint density at radius 2 is 2.00 bits per heavy atom. The van der Waals surface area contributed by atoms with Crippen LogP contribution in [0.1, 0.15) is 35.6 Å². The smallest absolute Gasteiger partial charge is 0.303 e. The second kappa shape index (κ2) is 6.57. The molecule has 0 amide bonds. The summed E-state index contributed by atoms with van der Waals surface area (Å²) in [5.41, 5.74) is 3.37. The topological polar surface area (TPSA) is 49.8 Å². The van der Waals surface area contributed by atoms with Crippen LogP contribution in [0.5, 0.6) is 5.75 Å². The fraction of sp³-hybridized carbons (Fsp3) is 0.533. The molecule has 0 saturated heterocycles. The molecule has 0 fully saturated rings. The third-order valence-electron chi connectivity index (χ3n) is 3.30. The first-order valence-electron chi connectivity index (χ1n) is 6.40. The number of benzene rings is 1. The van der Waals surface area contributed by atoms with E-state index in [1.807, 2.05) is 38.9 Å². The number of rotatable bonds is 6. The molecule has 4 heteroatoms. The number of carboxylic acid groups (broad SMARTS) is 1. The number of carbonyl (C=O) groups is 1. The van der Waals surface area contributed by atoms with Gasteiger partial charge in [0.25, 0.3) is 0 Å². The highest BCUT2D eigenvalue weighted by molar-refractivity contribution is 5.66. The van der Waals surface area contributed by atoms with Gasteiger partial charge in [0.1, 0.15) is 5.75 Å². The zero-order valence-corrected chi connectivity index (χ0v) is 12.4. The predicted molar refractivity (Wildman–Crippen MR) is 75.8 cm³/mol. The number of nitrogens with zero attached hydrogens (tertiary/aromatic N) is 1. The SMILES string of the molecule is COc1cc(C)cc(C)c1C(CCC(=O)O)N(C)C. The summed E-state index contributed by atoms with van der Waals surface area (Å²) in [6.45, 7) is 4.07. The summed E-state index contributed by atoms with van der Waals surface area (Å²) in [5.74, 6) is 0.0668. The maximum absolute atomic E-state index is 10.8. The van der Waals surface area contributed by atoms with Gasteiger partial charge in [0.05, 0.1) is 7.11 Å². The van der Waals surface area contributed by atoms with Gasteiger partial charge < -0.3 is 14.7 Å². The lowest BCUT2D eigenvalue weighted by Gasteiger charge is -2.27. The van der Waals surface area contributed by atoms with Crippen molar-refractivity contribution in [1.29, 1.82) is 0 Å². The van der Waals surface area contributed by atoms with Crippen molar-refractivity contribution in [2.75, 3.05) is 21.2 Å². The van der Waals surface area contributed by atoms with Crippen LogP contribution in [0.25, 0.3) is 0 Å². The van der Waals surface area contributed by atoms with Crippen molar-refractivity contribution >= 4 is 5.97 Å². The first-order valence-corrected chi connectivity index (χ1v) is 6.40. The van der Waals surface area contributed by atoms with Gasteiger partial charge >= 0.3 is 5.97 Å². The molecule has 19 heavy (non-hydrogen) atoms. The summed E-state index contributed by atoms with van der Waals surface area (Å²) in [7, 11) is 5.58. The van der Waals surface area contributed by atoms with Crippen LogP contribution in [0.3, 0.4) is 0 Å². The zero-order chi connectivity index (χ0) is 14.6. The molecule has 0 bridgehead atoms. The van der Waals surface area contributed by atoms with Crippen LogP contribution in [0.4, 0.5) is 0 Å². The highest BCUT2D eigenvalue weighted by atomic mass is 16.5. The summed E-state index contributed by atoms with van der Waals surface area (Å²) in [6, 6.07) is 4.15. The summed E-state index contributed by atoms with van der Waals surface area (Å²) in [6.07, 6.45) is 0.724. The Morgan fingerprint density at radius 1 is 1.37 bits per heavy atom. The van der Waals surface area contributed by atoms with E-state index < -0.39 is 5.97 Å². The molecule has 0 aliphatic rings. The largest absolute Gasteiger partial charge is 0.496 e. The van der Waals surface area contributed by atoms with E-state index in [1.165, 1.54) is 0 Å². The Morgan fingerprint density at radius 3 is 2.47 bits per heavy atom. The van der Waals surface area contributed by atoms with Gasteiger partial charge in [-0.3, -0.25) is 4.79 Å². The Bertz CT molecular complexity index is 455. The third-order valence-corrected chi connectivity index (χ3v) is 3.30. The summed E-state index contributed by atoms with van der Waals surface area (Å²) in [5, 5.41) is 8.88. The number of carboxylic acids is 1. The maximum atomic E-state index is 10.8. The van der Waals surface area contributed by atoms with Crippen LogP contribution >= 0.6 is 0 Å². The van der Waals surface area contributed by atoms with Crippen molar-refractivity contribution < 1.29 is 14.6 Å². The number of aryl methyl sites for hydroxylation is 2. The second-order valence-electron chi connectivity index (χ2n) is 5.11. The number of hydrogen-bond donors (Lipinski definition) is 1. The Balaban J connectivity index is 3.18. The number of methoxy groups -OCH3 is 1. The summed E-state index contributed by atoms with van der Waals surface area (Å²) >= 11 is 0. The molecule has 106 valence electrons. The average molecular weight is 265 g/mol. The van der Waals surface area contributed by atoms with E-state index in [0.717, 1.165) is 22.4 Å². The molecule has 1 unspecified atom stereocenters. The van der Waals surface area contributed by atoms with E-state index in [1.54, 1.807) is 7.11 Å². The monoisotopic (exact) mass is 265 g/mol. The van der Waals surface area contributed by atoms with Gasteiger partial charge in [-0.05, 0) is 51.6 Å². The van der Waals surface area contributed by atoms with E-state index in [4.69, 9.17) is 9.84 Å². The minimum Gasteiger partial charge on any atom is -0.496 e. The van der Waals surface area contributed by atoms with Gasteiger partial charge in [-0.2, -0.15) is 0 Å². The van der Waals surface area contributed by atoms with Crippen LogP contribution in [-0.4, -0.2) is 37.2 Å². The molecular formula is C15H23NO3. The molecule has 0 spiro atoms. The van der Waals surface area contributed by atoms with E-state index in [2.05, 4.69) is 6.07 Å². The van der Waals surface area contributed by atoms with Crippen molar-refractivity contribution in [3.8, 4) is 5.75 Å². The molecule has 1 aromatic carbocycles. The quantitative estimate of drug-likeness (QED) is 0.859. The third kappa shape index (κ3) is 3.96. The van der Waals surface area contributed by atoms with Gasteiger partial charge in [-0.1, -0.05) is 6.07 Å². The molecule has 0 aromatic heterocycles. The zero-order valence-electron chi connectivity index (χ0n) is 12.4. The van der Waals surface area contributed by atoms with E-state index in [-0.39, 0.29) is 12.5 Å². The molecule has 0 radical (unpaired) electrons. The molecule has 0 heterocycles. The minimum atomic E-state index is -0.768. The van der Waals surface area contributed by atoms with E-state index in [0.29, 0.717) is 6.42 Å². The highest BCUT2D eigenvalue weighted by Gasteiger charge is 2.21. The molecule has 0 aliphatic heterocycles. The average Bonchev–Trinajstić information content (AvgIpc) is 2.30. The number of aliphatic carboxylic acids is 1. The van der Waals surface area contributed by atoms with Crippen LogP contribution in [0.2, 0.25) is 0 Å². The summed E-state index contributed by atoms with van der Waals surface area (Å²) < 4.78 is 5.47. The fourth-order valence-corrected chi connectivity index (χ4v) is 2.46. The Kier molecular flexibility index (Phi) is 5.36. The lowest BCUT2D eigenvalue weighted by Crippen LogP contribution is -2.22. The molecule has 1 aromatic rings. The van der Waals surface area contributed by atoms with E-state index >= 15 is 0 Å². The minimum absolute atomic E-state index is 0.0478. The lowest BCUT2D eigenvalue weighted by molar-refractivity contribution is -0.137. The molecule has 4 nitrogen and oxygen atoms in total. The Hall–Kier alpha value is -1.55. The van der Waals surface area contributed by atoms with Gasteiger partial charge in [-0.15, -0.1) is 0 Å². The van der Waals surface area contributed by atoms with Crippen molar-refractivity contribution in [1.82, 2.24) is 4.90 Å². The number of hydrogen-bond acceptors (Lipinski definition) is 3. The van der Waals surface area contributed by atoms with Crippen LogP contribution in [-0.2, 0) is 4.79 Å². The highest BCUT2D eigenvalue weighted by Crippen LogP contribution is 2.35. The lowest BCUT2D eigenvalue weighted by atomic mass is 9.94. The van der Waals surface area contributed by atoms with Crippen LogP contribution in [0, 0.1) is 13.8 Å². The molecule has 1 N–H and O–H groups in total. The maximum Gasteiger partial charge on any atom is 0.303 e. The fourth-order valence-electron chi connectivity index (χ4n) is 2.46. The Labute approximate surface area is 115 Å². The van der Waals surface area contributed by atoms with Crippen molar-refractivity contribution in [3.05, 3.63) is 28.8 Å². The standard InChI is InChI=1S/C15H23NO3/c1-10-8-11(2)15(13(9-10)19-5)12(16(3)4)6-7-14(17)18/h8-9,12H,6-7H2,1-5H3,(H,17,18). The van der Waals surface area contributed by atoms with Crippen molar-refractivity contribution in [2.45, 2.75) is 32.7 Å². The first kappa shape index (κ1) is 15.5. The summed E-state index contributed by atoms with van der Waals surface area (Å²) in [4.78, 5) is 12.8. The number of ether oxygens (including phenoxy) is 1. The molecule has 0 aliphatic carbocycles.